The number of anilines is 3. The smallest absolute Gasteiger partial charge is 0.142 e. The van der Waals surface area contributed by atoms with Gasteiger partial charge in [-0.2, -0.15) is 0 Å². The maximum absolute atomic E-state index is 6.93. The molecule has 0 saturated carbocycles. The van der Waals surface area contributed by atoms with E-state index >= 15 is 0 Å². The molecule has 0 saturated heterocycles. The summed E-state index contributed by atoms with van der Waals surface area (Å²) in [7, 11) is 0. The van der Waals surface area contributed by atoms with Gasteiger partial charge in [-0.25, -0.2) is 9.97 Å². The van der Waals surface area contributed by atoms with Crippen LogP contribution in [0.4, 0.5) is 17.1 Å². The van der Waals surface area contributed by atoms with E-state index < -0.39 is 5.66 Å². The number of para-hydroxylation sites is 3. The van der Waals surface area contributed by atoms with Gasteiger partial charge in [0.05, 0.1) is 22.8 Å². The number of furan rings is 1. The van der Waals surface area contributed by atoms with Crippen molar-refractivity contribution in [2.24, 2.45) is 0 Å². The highest BCUT2D eigenvalue weighted by molar-refractivity contribution is 6.07. The number of hydrogen-bond donors (Lipinski definition) is 1. The second-order valence-corrected chi connectivity index (χ2v) is 15.7. The van der Waals surface area contributed by atoms with Crippen molar-refractivity contribution in [2.45, 2.75) is 78.3 Å². The van der Waals surface area contributed by atoms with Crippen molar-refractivity contribution >= 4 is 39.0 Å². The molecular formula is C46H46N4O. The standard InChI is InChI=1S/C46H46N4O/c1-28(2)35-25-32(30-15-10-9-11-16-30)26-36(29(3)4)42(35)50-40-20-13-12-19-39(40)49-46(50,8)37-18-14-17-34-33-22-21-31(27-41(33)51-43(34)37)38-23-24-47-44(48-38)45(5,6)7/h9-29,49H,1-8H3. The molecule has 51 heavy (non-hydrogen) atoms. The summed E-state index contributed by atoms with van der Waals surface area (Å²) in [4.78, 5) is 12.0. The Labute approximate surface area is 301 Å². The normalized spacial score (nSPS) is 16.0. The number of nitrogens with one attached hydrogen (secondary N) is 1. The minimum absolute atomic E-state index is 0.145. The maximum atomic E-state index is 6.93. The predicted molar refractivity (Wildman–Crippen MR) is 213 cm³/mol. The summed E-state index contributed by atoms with van der Waals surface area (Å²) >= 11 is 0. The Balaban J connectivity index is 1.34. The molecule has 8 rings (SSSR count). The first-order valence-corrected chi connectivity index (χ1v) is 18.1. The quantitative estimate of drug-likeness (QED) is 0.191. The zero-order valence-corrected chi connectivity index (χ0v) is 30.9. The predicted octanol–water partition coefficient (Wildman–Crippen LogP) is 12.7. The Morgan fingerprint density at radius 1 is 0.706 bits per heavy atom. The molecule has 2 aromatic heterocycles. The fraction of sp³-hybridized carbons (Fsp3) is 0.261. The molecule has 7 aromatic rings. The van der Waals surface area contributed by atoms with E-state index in [1.165, 1.54) is 27.9 Å². The van der Waals surface area contributed by atoms with Gasteiger partial charge in [-0.15, -0.1) is 0 Å². The van der Waals surface area contributed by atoms with E-state index in [-0.39, 0.29) is 5.41 Å². The van der Waals surface area contributed by atoms with E-state index in [2.05, 4.69) is 174 Å². The maximum Gasteiger partial charge on any atom is 0.142 e. The number of nitrogens with zero attached hydrogens (tertiary/aromatic N) is 3. The molecule has 3 heterocycles. The molecule has 1 unspecified atom stereocenters. The Morgan fingerprint density at radius 3 is 2.12 bits per heavy atom. The van der Waals surface area contributed by atoms with Crippen LogP contribution in [0.25, 0.3) is 44.3 Å². The van der Waals surface area contributed by atoms with E-state index in [0.717, 1.165) is 56.0 Å². The Bertz CT molecular complexity index is 2390. The molecule has 0 spiro atoms. The van der Waals surface area contributed by atoms with E-state index in [4.69, 9.17) is 9.40 Å². The number of aromatic nitrogens is 2. The molecule has 1 aliphatic rings. The highest BCUT2D eigenvalue weighted by Crippen LogP contribution is 2.55. The zero-order valence-electron chi connectivity index (χ0n) is 30.9. The summed E-state index contributed by atoms with van der Waals surface area (Å²) in [5.41, 5.74) is 12.6. The van der Waals surface area contributed by atoms with Crippen LogP contribution in [0.3, 0.4) is 0 Å². The third-order valence-corrected chi connectivity index (χ3v) is 10.4. The van der Waals surface area contributed by atoms with Crippen LogP contribution in [-0.4, -0.2) is 9.97 Å². The van der Waals surface area contributed by atoms with Crippen molar-refractivity contribution < 1.29 is 4.42 Å². The molecule has 1 atom stereocenters. The average Bonchev–Trinajstić information content (AvgIpc) is 3.65. The van der Waals surface area contributed by atoms with Crippen LogP contribution in [0, 0.1) is 0 Å². The van der Waals surface area contributed by atoms with Crippen LogP contribution in [0.5, 0.6) is 0 Å². The fourth-order valence-corrected chi connectivity index (χ4v) is 7.70. The molecule has 0 aliphatic carbocycles. The van der Waals surface area contributed by atoms with Crippen molar-refractivity contribution in [1.82, 2.24) is 9.97 Å². The van der Waals surface area contributed by atoms with Gasteiger partial charge in [-0.05, 0) is 83.5 Å². The lowest BCUT2D eigenvalue weighted by molar-refractivity contribution is 0.546. The molecular weight excluding hydrogens is 625 g/mol. The van der Waals surface area contributed by atoms with Gasteiger partial charge in [0.25, 0.3) is 0 Å². The van der Waals surface area contributed by atoms with Crippen LogP contribution in [-0.2, 0) is 11.1 Å². The first-order valence-electron chi connectivity index (χ1n) is 18.1. The minimum atomic E-state index is -0.657. The van der Waals surface area contributed by atoms with Gasteiger partial charge in [0.1, 0.15) is 22.7 Å². The van der Waals surface area contributed by atoms with Gasteiger partial charge in [-0.3, -0.25) is 0 Å². The summed E-state index contributed by atoms with van der Waals surface area (Å²) in [5.74, 6) is 1.41. The lowest BCUT2D eigenvalue weighted by Gasteiger charge is -2.41. The molecule has 5 heteroatoms. The molecule has 5 aromatic carbocycles. The first-order chi connectivity index (χ1) is 24.4. The summed E-state index contributed by atoms with van der Waals surface area (Å²) in [6, 6.07) is 39.2. The molecule has 256 valence electrons. The fourth-order valence-electron chi connectivity index (χ4n) is 7.70. The Morgan fingerprint density at radius 2 is 1.41 bits per heavy atom. The Kier molecular flexibility index (Phi) is 7.79. The van der Waals surface area contributed by atoms with Crippen molar-refractivity contribution in [3.8, 4) is 22.4 Å². The largest absolute Gasteiger partial charge is 0.456 e. The number of fused-ring (bicyclic) bond motifs is 4. The van der Waals surface area contributed by atoms with Crippen molar-refractivity contribution in [3.05, 3.63) is 138 Å². The van der Waals surface area contributed by atoms with Crippen LogP contribution < -0.4 is 10.2 Å². The molecule has 1 N–H and O–H groups in total. The van der Waals surface area contributed by atoms with Gasteiger partial charge >= 0.3 is 0 Å². The zero-order chi connectivity index (χ0) is 35.7. The van der Waals surface area contributed by atoms with Gasteiger partial charge in [0, 0.05) is 33.5 Å². The number of benzene rings is 5. The molecule has 0 radical (unpaired) electrons. The van der Waals surface area contributed by atoms with Crippen LogP contribution in [0.2, 0.25) is 0 Å². The summed E-state index contributed by atoms with van der Waals surface area (Å²) < 4.78 is 6.93. The van der Waals surface area contributed by atoms with Crippen LogP contribution in [0.15, 0.2) is 120 Å². The van der Waals surface area contributed by atoms with E-state index in [1.54, 1.807) is 0 Å². The highest BCUT2D eigenvalue weighted by Gasteiger charge is 2.45. The van der Waals surface area contributed by atoms with Gasteiger partial charge < -0.3 is 14.6 Å². The topological polar surface area (TPSA) is 54.2 Å². The van der Waals surface area contributed by atoms with E-state index in [9.17, 15) is 0 Å². The molecule has 5 nitrogen and oxygen atoms in total. The average molecular weight is 671 g/mol. The molecule has 0 bridgehead atoms. The second-order valence-electron chi connectivity index (χ2n) is 15.7. The molecule has 1 aliphatic heterocycles. The van der Waals surface area contributed by atoms with Gasteiger partial charge in [0.15, 0.2) is 0 Å². The van der Waals surface area contributed by atoms with Gasteiger partial charge in [-0.1, -0.05) is 115 Å². The van der Waals surface area contributed by atoms with Gasteiger partial charge in [0.2, 0.25) is 0 Å². The minimum Gasteiger partial charge on any atom is -0.456 e. The van der Waals surface area contributed by atoms with Crippen LogP contribution >= 0.6 is 0 Å². The third kappa shape index (κ3) is 5.47. The lowest BCUT2D eigenvalue weighted by atomic mass is 9.86. The van der Waals surface area contributed by atoms with Crippen molar-refractivity contribution in [3.63, 3.8) is 0 Å². The Hall–Kier alpha value is -5.42. The summed E-state index contributed by atoms with van der Waals surface area (Å²) in [6.45, 7) is 18.0. The van der Waals surface area contributed by atoms with Crippen LogP contribution in [0.1, 0.15) is 89.7 Å². The van der Waals surface area contributed by atoms with E-state index in [1.807, 2.05) is 12.3 Å². The monoisotopic (exact) mass is 670 g/mol. The SMILES string of the molecule is CC(C)c1cc(-c2ccccc2)cc(C(C)C)c1N1c2ccccc2NC1(C)c1cccc2c1oc1cc(-c3ccnc(C(C)(C)C)n3)ccc12. The van der Waals surface area contributed by atoms with Crippen molar-refractivity contribution in [2.75, 3.05) is 10.2 Å². The summed E-state index contributed by atoms with van der Waals surface area (Å²) in [6.07, 6.45) is 1.85. The number of rotatable bonds is 6. The molecule has 0 amide bonds. The first kappa shape index (κ1) is 32.8. The number of hydrogen-bond acceptors (Lipinski definition) is 5. The van der Waals surface area contributed by atoms with E-state index in [0.29, 0.717) is 11.8 Å². The highest BCUT2D eigenvalue weighted by atomic mass is 16.3. The molecule has 0 fully saturated rings. The van der Waals surface area contributed by atoms with Crippen molar-refractivity contribution in [1.29, 1.82) is 0 Å². The third-order valence-electron chi connectivity index (χ3n) is 10.4. The second kappa shape index (κ2) is 12.1. The summed E-state index contributed by atoms with van der Waals surface area (Å²) in [5, 5.41) is 6.18. The lowest BCUT2D eigenvalue weighted by Crippen LogP contribution is -2.43.